The minimum Gasteiger partial charge on any atom is -0.377 e. The first-order chi connectivity index (χ1) is 8.58. The zero-order valence-corrected chi connectivity index (χ0v) is 12.6. The zero-order valence-electron chi connectivity index (χ0n) is 11.0. The third kappa shape index (κ3) is 3.25. The molecule has 0 aliphatic carbocycles. The van der Waals surface area contributed by atoms with Crippen LogP contribution in [0.1, 0.15) is 31.9 Å². The fourth-order valence-electron chi connectivity index (χ4n) is 2.28. The van der Waals surface area contributed by atoms with Crippen molar-refractivity contribution >= 4 is 21.6 Å². The van der Waals surface area contributed by atoms with Crippen molar-refractivity contribution in [3.8, 4) is 0 Å². The SMILES string of the molecule is CC1CN(c2ccc([C@@H](C)N)cc2Br)CCCO1. The molecular weight excluding hydrogens is 292 g/mol. The van der Waals surface area contributed by atoms with Crippen molar-refractivity contribution in [2.24, 2.45) is 5.73 Å². The average molecular weight is 313 g/mol. The first kappa shape index (κ1) is 13.8. The van der Waals surface area contributed by atoms with Crippen LogP contribution in [0.5, 0.6) is 0 Å². The van der Waals surface area contributed by atoms with Gasteiger partial charge in [-0.25, -0.2) is 0 Å². The highest BCUT2D eigenvalue weighted by molar-refractivity contribution is 9.10. The van der Waals surface area contributed by atoms with Crippen LogP contribution in [0.25, 0.3) is 0 Å². The van der Waals surface area contributed by atoms with E-state index in [9.17, 15) is 0 Å². The smallest absolute Gasteiger partial charge is 0.0721 e. The molecule has 4 heteroatoms. The largest absolute Gasteiger partial charge is 0.377 e. The maximum Gasteiger partial charge on any atom is 0.0721 e. The molecule has 0 saturated carbocycles. The van der Waals surface area contributed by atoms with E-state index in [1.807, 2.05) is 6.92 Å². The number of hydrogen-bond acceptors (Lipinski definition) is 3. The van der Waals surface area contributed by atoms with Crippen LogP contribution in [-0.2, 0) is 4.74 Å². The van der Waals surface area contributed by atoms with Crippen LogP contribution in [-0.4, -0.2) is 25.8 Å². The van der Waals surface area contributed by atoms with Crippen molar-refractivity contribution in [3.05, 3.63) is 28.2 Å². The number of nitrogens with two attached hydrogens (primary N) is 1. The molecule has 0 amide bonds. The molecule has 2 N–H and O–H groups in total. The molecule has 18 heavy (non-hydrogen) atoms. The first-order valence-electron chi connectivity index (χ1n) is 6.49. The summed E-state index contributed by atoms with van der Waals surface area (Å²) in [4.78, 5) is 2.38. The van der Waals surface area contributed by atoms with Gasteiger partial charge in [0.25, 0.3) is 0 Å². The van der Waals surface area contributed by atoms with Crippen molar-refractivity contribution in [1.29, 1.82) is 0 Å². The first-order valence-corrected chi connectivity index (χ1v) is 7.29. The summed E-state index contributed by atoms with van der Waals surface area (Å²) in [5.74, 6) is 0. The summed E-state index contributed by atoms with van der Waals surface area (Å²) in [5, 5.41) is 0. The van der Waals surface area contributed by atoms with Gasteiger partial charge < -0.3 is 15.4 Å². The number of nitrogens with zero attached hydrogens (tertiary/aromatic N) is 1. The molecule has 100 valence electrons. The number of benzene rings is 1. The second-order valence-corrected chi connectivity index (χ2v) is 5.83. The lowest BCUT2D eigenvalue weighted by Crippen LogP contribution is -2.30. The third-order valence-corrected chi connectivity index (χ3v) is 3.93. The predicted molar refractivity (Wildman–Crippen MR) is 79.0 cm³/mol. The molecule has 0 radical (unpaired) electrons. The van der Waals surface area contributed by atoms with E-state index < -0.39 is 0 Å². The van der Waals surface area contributed by atoms with Gasteiger partial charge >= 0.3 is 0 Å². The molecule has 1 heterocycles. The van der Waals surface area contributed by atoms with Crippen molar-refractivity contribution < 1.29 is 4.74 Å². The molecule has 2 atom stereocenters. The van der Waals surface area contributed by atoms with Gasteiger partial charge in [-0.2, -0.15) is 0 Å². The molecule has 3 nitrogen and oxygen atoms in total. The Morgan fingerprint density at radius 2 is 2.28 bits per heavy atom. The number of hydrogen-bond donors (Lipinski definition) is 1. The number of ether oxygens (including phenoxy) is 1. The molecule has 1 aromatic carbocycles. The summed E-state index contributed by atoms with van der Waals surface area (Å²) < 4.78 is 6.80. The molecule has 0 aromatic heterocycles. The van der Waals surface area contributed by atoms with Gasteiger partial charge in [-0.05, 0) is 53.9 Å². The van der Waals surface area contributed by atoms with Crippen molar-refractivity contribution in [2.75, 3.05) is 24.6 Å². The fraction of sp³-hybridized carbons (Fsp3) is 0.571. The molecular formula is C14H21BrN2O. The summed E-state index contributed by atoms with van der Waals surface area (Å²) in [6.07, 6.45) is 1.36. The maximum absolute atomic E-state index is 5.90. The monoisotopic (exact) mass is 312 g/mol. The van der Waals surface area contributed by atoms with E-state index >= 15 is 0 Å². The lowest BCUT2D eigenvalue weighted by molar-refractivity contribution is 0.0821. The van der Waals surface area contributed by atoms with Crippen LogP contribution in [0.4, 0.5) is 5.69 Å². The van der Waals surface area contributed by atoms with Gasteiger partial charge in [0.15, 0.2) is 0 Å². The minimum absolute atomic E-state index is 0.0711. The summed E-state index contributed by atoms with van der Waals surface area (Å²) in [6.45, 7) is 6.97. The van der Waals surface area contributed by atoms with E-state index in [-0.39, 0.29) is 12.1 Å². The fourth-order valence-corrected chi connectivity index (χ4v) is 2.92. The topological polar surface area (TPSA) is 38.5 Å². The quantitative estimate of drug-likeness (QED) is 0.912. The Balaban J connectivity index is 2.21. The van der Waals surface area contributed by atoms with E-state index in [0.717, 1.165) is 36.2 Å². The van der Waals surface area contributed by atoms with Crippen LogP contribution < -0.4 is 10.6 Å². The van der Waals surface area contributed by atoms with Crippen LogP contribution in [0.15, 0.2) is 22.7 Å². The highest BCUT2D eigenvalue weighted by atomic mass is 79.9. The standard InChI is InChI=1S/C14H21BrN2O/c1-10-9-17(6-3-7-18-10)14-5-4-12(11(2)16)8-13(14)15/h4-5,8,10-11H,3,6-7,9,16H2,1-2H3/t10?,11-/m1/s1. The molecule has 2 rings (SSSR count). The molecule has 1 aromatic rings. The molecule has 1 fully saturated rings. The summed E-state index contributed by atoms with van der Waals surface area (Å²) in [5.41, 5.74) is 8.29. The highest BCUT2D eigenvalue weighted by Gasteiger charge is 2.17. The Labute approximate surface area is 117 Å². The van der Waals surface area contributed by atoms with E-state index in [2.05, 4.69) is 46.0 Å². The number of anilines is 1. The lowest BCUT2D eigenvalue weighted by atomic mass is 10.1. The molecule has 1 aliphatic heterocycles. The molecule has 1 saturated heterocycles. The second kappa shape index (κ2) is 6.04. The Kier molecular flexibility index (Phi) is 4.65. The Morgan fingerprint density at radius 3 is 2.94 bits per heavy atom. The Morgan fingerprint density at radius 1 is 1.50 bits per heavy atom. The van der Waals surface area contributed by atoms with E-state index in [4.69, 9.17) is 10.5 Å². The third-order valence-electron chi connectivity index (χ3n) is 3.29. The van der Waals surface area contributed by atoms with Crippen molar-refractivity contribution in [3.63, 3.8) is 0 Å². The van der Waals surface area contributed by atoms with E-state index in [1.165, 1.54) is 5.69 Å². The van der Waals surface area contributed by atoms with Gasteiger partial charge in [-0.1, -0.05) is 6.07 Å². The van der Waals surface area contributed by atoms with E-state index in [1.54, 1.807) is 0 Å². The minimum atomic E-state index is 0.0711. The van der Waals surface area contributed by atoms with Crippen molar-refractivity contribution in [1.82, 2.24) is 0 Å². The normalized spacial score (nSPS) is 22.7. The average Bonchev–Trinajstić information content (AvgIpc) is 2.53. The second-order valence-electron chi connectivity index (χ2n) is 4.98. The highest BCUT2D eigenvalue weighted by Crippen LogP contribution is 2.30. The number of rotatable bonds is 2. The van der Waals surface area contributed by atoms with Crippen LogP contribution in [0.3, 0.4) is 0 Å². The van der Waals surface area contributed by atoms with Gasteiger partial charge in [0.1, 0.15) is 0 Å². The maximum atomic E-state index is 5.90. The summed E-state index contributed by atoms with van der Waals surface area (Å²) >= 11 is 3.66. The molecule has 1 unspecified atom stereocenters. The van der Waals surface area contributed by atoms with Crippen LogP contribution in [0, 0.1) is 0 Å². The van der Waals surface area contributed by atoms with Gasteiger partial charge in [0, 0.05) is 30.2 Å². The van der Waals surface area contributed by atoms with Gasteiger partial charge in [0.05, 0.1) is 11.8 Å². The molecule has 0 bridgehead atoms. The van der Waals surface area contributed by atoms with Gasteiger partial charge in [-0.3, -0.25) is 0 Å². The van der Waals surface area contributed by atoms with Gasteiger partial charge in [-0.15, -0.1) is 0 Å². The zero-order chi connectivity index (χ0) is 13.1. The number of halogens is 1. The summed E-state index contributed by atoms with van der Waals surface area (Å²) in [6, 6.07) is 6.46. The Hall–Kier alpha value is -0.580. The van der Waals surface area contributed by atoms with Gasteiger partial charge in [0.2, 0.25) is 0 Å². The lowest BCUT2D eigenvalue weighted by Gasteiger charge is -2.26. The Bertz CT molecular complexity index is 409. The van der Waals surface area contributed by atoms with E-state index in [0.29, 0.717) is 0 Å². The van der Waals surface area contributed by atoms with Crippen molar-refractivity contribution in [2.45, 2.75) is 32.4 Å². The molecule has 1 aliphatic rings. The van der Waals surface area contributed by atoms with Crippen LogP contribution >= 0.6 is 15.9 Å². The summed E-state index contributed by atoms with van der Waals surface area (Å²) in [7, 11) is 0. The predicted octanol–water partition coefficient (Wildman–Crippen LogP) is 3.08. The molecule has 0 spiro atoms. The van der Waals surface area contributed by atoms with Crippen LogP contribution in [0.2, 0.25) is 0 Å².